The highest BCUT2D eigenvalue weighted by molar-refractivity contribution is 4.43. The fraction of sp³-hybridized carbons (Fsp3) is 1.00. The third-order valence-corrected chi connectivity index (χ3v) is 8.67. The zero-order valence-corrected chi connectivity index (χ0v) is 44.4. The Morgan fingerprint density at radius 2 is 0.329 bits per heavy atom. The van der Waals surface area contributed by atoms with Gasteiger partial charge in [0.2, 0.25) is 0 Å². The molecule has 0 aromatic rings. The summed E-state index contributed by atoms with van der Waals surface area (Å²) < 4.78 is 125. The Bertz CT molecular complexity index is 956. The van der Waals surface area contributed by atoms with E-state index in [0.717, 1.165) is 0 Å². The van der Waals surface area contributed by atoms with Gasteiger partial charge in [-0.3, -0.25) is 0 Å². The van der Waals surface area contributed by atoms with Crippen LogP contribution in [0.5, 0.6) is 0 Å². The van der Waals surface area contributed by atoms with Crippen LogP contribution in [0.1, 0.15) is 6.92 Å². The Hall–Kier alpha value is -1.00. The summed E-state index contributed by atoms with van der Waals surface area (Å²) in [5.41, 5.74) is 0. The van der Waals surface area contributed by atoms with Crippen LogP contribution in [0.25, 0.3) is 0 Å². The molecule has 0 aromatic carbocycles. The minimum absolute atomic E-state index is 0.0179. The van der Waals surface area contributed by atoms with Gasteiger partial charge in [-0.15, -0.1) is 0 Å². The van der Waals surface area contributed by atoms with Crippen molar-refractivity contribution in [1.29, 1.82) is 0 Å². The number of hydrogen-bond acceptors (Lipinski definition) is 25. The van der Waals surface area contributed by atoms with Crippen LogP contribution in [-0.4, -0.2) is 320 Å². The summed E-state index contributed by atoms with van der Waals surface area (Å²) in [6.45, 7) is 22.9. The molecule has 0 saturated heterocycles. The Morgan fingerprint density at radius 1 is 0.205 bits per heavy atom. The summed E-state index contributed by atoms with van der Waals surface area (Å²) in [7, 11) is 0. The van der Waals surface area contributed by atoms with E-state index >= 15 is 0 Å². The molecule has 0 amide bonds. The van der Waals surface area contributed by atoms with Crippen molar-refractivity contribution in [3.63, 3.8) is 0 Å². The lowest BCUT2D eigenvalue weighted by Crippen LogP contribution is -2.20. The molecule has 0 bridgehead atoms. The Balaban J connectivity index is 3.08. The van der Waals surface area contributed by atoms with E-state index in [9.17, 15) is 5.11 Å². The average Bonchev–Trinajstić information content (AvgIpc) is 3.39. The highest BCUT2D eigenvalue weighted by atomic mass is 16.6. The van der Waals surface area contributed by atoms with Gasteiger partial charge in [0.25, 0.3) is 0 Å². The van der Waals surface area contributed by atoms with Crippen molar-refractivity contribution < 1.29 is 119 Å². The largest absolute Gasteiger partial charge is 0.394 e. The molecule has 0 aliphatic heterocycles. The molecule has 0 heterocycles. The first-order valence-electron chi connectivity index (χ1n) is 25.9. The van der Waals surface area contributed by atoms with E-state index in [-0.39, 0.29) is 13.2 Å². The first-order valence-corrected chi connectivity index (χ1v) is 25.9. The van der Waals surface area contributed by atoms with E-state index in [4.69, 9.17) is 114 Å². The van der Waals surface area contributed by atoms with Gasteiger partial charge in [0.05, 0.1) is 297 Å². The van der Waals surface area contributed by atoms with Gasteiger partial charge in [0.1, 0.15) is 0 Å². The molecule has 0 rings (SSSR count). The van der Waals surface area contributed by atoms with Crippen LogP contribution in [0.4, 0.5) is 0 Å². The van der Waals surface area contributed by atoms with Gasteiger partial charge in [-0.2, -0.15) is 0 Å². The highest BCUT2D eigenvalue weighted by Crippen LogP contribution is 1.92. The molecule has 0 spiro atoms. The molecular formula is C48H98O25. The van der Waals surface area contributed by atoms with Crippen molar-refractivity contribution >= 4 is 0 Å². The smallest absolute Gasteiger partial charge is 0.178 e. The summed E-state index contributed by atoms with van der Waals surface area (Å²) in [5.74, 6) is 0. The molecule has 1 atom stereocenters. The molecular weight excluding hydrogens is 977 g/mol. The van der Waals surface area contributed by atoms with Crippen LogP contribution >= 0.6 is 0 Å². The van der Waals surface area contributed by atoms with E-state index in [0.29, 0.717) is 291 Å². The third kappa shape index (κ3) is 69.0. The Morgan fingerprint density at radius 3 is 0.452 bits per heavy atom. The van der Waals surface area contributed by atoms with Crippen LogP contribution in [0, 0.1) is 0 Å². The molecule has 25 nitrogen and oxygen atoms in total. The first-order chi connectivity index (χ1) is 36.3. The standard InChI is InChI=1S/C48H98O25/c1-2-73-48(50)47-72-46-45-71-44-43-70-42-41-69-40-39-68-38-37-67-36-35-66-34-33-65-32-31-64-30-29-63-28-27-62-26-25-61-24-23-60-22-21-59-20-19-58-18-17-57-16-15-56-14-13-55-12-11-54-10-9-53-8-7-52-6-5-51-4-3-49/h48-50H,2-47H2,1H3. The lowest BCUT2D eigenvalue weighted by molar-refractivity contribution is -0.138. The van der Waals surface area contributed by atoms with Crippen molar-refractivity contribution in [3.8, 4) is 0 Å². The van der Waals surface area contributed by atoms with Crippen LogP contribution < -0.4 is 0 Å². The lowest BCUT2D eigenvalue weighted by Gasteiger charge is -2.11. The lowest BCUT2D eigenvalue weighted by atomic mass is 10.6. The van der Waals surface area contributed by atoms with E-state index < -0.39 is 6.29 Å². The fourth-order valence-corrected chi connectivity index (χ4v) is 5.11. The van der Waals surface area contributed by atoms with E-state index in [2.05, 4.69) is 0 Å². The van der Waals surface area contributed by atoms with E-state index in [1.165, 1.54) is 0 Å². The molecule has 25 heteroatoms. The minimum atomic E-state index is -0.897. The number of aliphatic hydroxyl groups is 2. The van der Waals surface area contributed by atoms with Gasteiger partial charge in [0.15, 0.2) is 6.29 Å². The summed E-state index contributed by atoms with van der Waals surface area (Å²) >= 11 is 0. The van der Waals surface area contributed by atoms with Gasteiger partial charge in [-0.25, -0.2) is 0 Å². The fourth-order valence-electron chi connectivity index (χ4n) is 5.11. The number of aliphatic hydroxyl groups excluding tert-OH is 2. The summed E-state index contributed by atoms with van der Waals surface area (Å²) in [6.07, 6.45) is -0.897. The second-order valence-corrected chi connectivity index (χ2v) is 14.6. The highest BCUT2D eigenvalue weighted by Gasteiger charge is 2.03. The van der Waals surface area contributed by atoms with Crippen LogP contribution in [0.3, 0.4) is 0 Å². The average molecular weight is 1080 g/mol. The van der Waals surface area contributed by atoms with E-state index in [1.807, 2.05) is 6.92 Å². The monoisotopic (exact) mass is 1070 g/mol. The topological polar surface area (TPSA) is 253 Å². The molecule has 2 N–H and O–H groups in total. The van der Waals surface area contributed by atoms with Crippen molar-refractivity contribution in [3.05, 3.63) is 0 Å². The third-order valence-electron chi connectivity index (χ3n) is 8.67. The maximum absolute atomic E-state index is 9.36. The SMILES string of the molecule is CCOC(O)COCCOCCOCCOCCOCCOCCOCCOCCOCCOCCOCCOCCOCCOCCOCCOCCOCCOCCOCCOCCOCCOCCO. The molecule has 0 saturated carbocycles. The summed E-state index contributed by atoms with van der Waals surface area (Å²) in [5, 5.41) is 18.0. The molecule has 1 unspecified atom stereocenters. The molecule has 0 aliphatic rings. The normalized spacial score (nSPS) is 12.2. The van der Waals surface area contributed by atoms with Gasteiger partial charge in [0, 0.05) is 6.61 Å². The molecule has 0 aromatic heterocycles. The van der Waals surface area contributed by atoms with Gasteiger partial charge >= 0.3 is 0 Å². The molecule has 73 heavy (non-hydrogen) atoms. The Kier molecular flexibility index (Phi) is 68.1. The molecule has 0 fully saturated rings. The van der Waals surface area contributed by atoms with Crippen molar-refractivity contribution in [2.75, 3.05) is 304 Å². The predicted molar refractivity (Wildman–Crippen MR) is 263 cm³/mol. The molecule has 0 radical (unpaired) electrons. The van der Waals surface area contributed by atoms with Crippen LogP contribution in [0.2, 0.25) is 0 Å². The van der Waals surface area contributed by atoms with Crippen molar-refractivity contribution in [2.24, 2.45) is 0 Å². The second kappa shape index (κ2) is 69.0. The molecule has 0 aliphatic carbocycles. The zero-order valence-electron chi connectivity index (χ0n) is 44.4. The minimum Gasteiger partial charge on any atom is -0.394 e. The van der Waals surface area contributed by atoms with Crippen molar-refractivity contribution in [1.82, 2.24) is 0 Å². The summed E-state index contributed by atoms with van der Waals surface area (Å²) in [6, 6.07) is 0. The number of ether oxygens (including phenoxy) is 23. The van der Waals surface area contributed by atoms with Gasteiger partial charge in [-0.1, -0.05) is 0 Å². The van der Waals surface area contributed by atoms with Gasteiger partial charge < -0.3 is 119 Å². The zero-order chi connectivity index (χ0) is 52.4. The van der Waals surface area contributed by atoms with Crippen LogP contribution in [0.15, 0.2) is 0 Å². The molecule has 440 valence electrons. The summed E-state index contributed by atoms with van der Waals surface area (Å²) in [4.78, 5) is 0. The Labute approximate surface area is 435 Å². The maximum atomic E-state index is 9.36. The number of rotatable bonds is 69. The maximum Gasteiger partial charge on any atom is 0.178 e. The second-order valence-electron chi connectivity index (χ2n) is 14.6. The van der Waals surface area contributed by atoms with Crippen LogP contribution in [-0.2, 0) is 109 Å². The quantitative estimate of drug-likeness (QED) is 0.0586. The van der Waals surface area contributed by atoms with Gasteiger partial charge in [-0.05, 0) is 6.92 Å². The first kappa shape index (κ1) is 72.0. The van der Waals surface area contributed by atoms with E-state index in [1.54, 1.807) is 0 Å². The predicted octanol–water partition coefficient (Wildman–Crippen LogP) is -0.301. The number of hydrogen-bond donors (Lipinski definition) is 2. The van der Waals surface area contributed by atoms with Crippen molar-refractivity contribution in [2.45, 2.75) is 13.2 Å².